The number of carbonyl (C=O) groups is 7. The number of aromatic amines is 1. The summed E-state index contributed by atoms with van der Waals surface area (Å²) in [6.45, 7) is 14.9. The Morgan fingerprint density at radius 1 is 0.875 bits per heavy atom. The van der Waals surface area contributed by atoms with E-state index in [-0.39, 0.29) is 54.2 Å². The molecule has 3 rings (SSSR count). The van der Waals surface area contributed by atoms with E-state index in [2.05, 4.69) is 20.9 Å². The molecular weight excluding hydrogens is 925 g/mol. The van der Waals surface area contributed by atoms with Crippen molar-refractivity contribution >= 4 is 52.4 Å². The SMILES string of the molecule is CCC(C)C(C(CC(=O)N1CCC[C@H]1C(OC)C(C)C(=O)NC(Cc1c[nH]c2ccccc12)C(=O)O)OC)N(C)C(=O)C(NC(=O)C(C(C)C)N(C)CCCCCC(=O)NCCCCC(N)C(=O)O)C(C)C. The number of H-pyrrole nitrogens is 1. The molecular formula is C53H88N8O11. The molecule has 0 bridgehead atoms. The van der Waals surface area contributed by atoms with E-state index >= 15 is 0 Å². The molecule has 1 aromatic carbocycles. The predicted octanol–water partition coefficient (Wildman–Crippen LogP) is 4.56. The number of benzene rings is 1. The fourth-order valence-corrected chi connectivity index (χ4v) is 10.2. The number of nitrogens with zero attached hydrogens (tertiary/aromatic N) is 3. The summed E-state index contributed by atoms with van der Waals surface area (Å²) in [5, 5.41) is 28.6. The van der Waals surface area contributed by atoms with Crippen molar-refractivity contribution in [3.63, 3.8) is 0 Å². The number of aliphatic carboxylic acids is 2. The van der Waals surface area contributed by atoms with Crippen LogP contribution in [0.2, 0.25) is 0 Å². The van der Waals surface area contributed by atoms with Crippen molar-refractivity contribution in [2.45, 2.75) is 174 Å². The van der Waals surface area contributed by atoms with Crippen LogP contribution in [0.3, 0.4) is 0 Å². The van der Waals surface area contributed by atoms with E-state index in [4.69, 9.17) is 20.3 Å². The average Bonchev–Trinajstić information content (AvgIpc) is 3.99. The Labute approximate surface area is 427 Å². The van der Waals surface area contributed by atoms with Crippen molar-refractivity contribution in [2.75, 3.05) is 47.9 Å². The van der Waals surface area contributed by atoms with Gasteiger partial charge in [-0.2, -0.15) is 0 Å². The number of ether oxygens (including phenoxy) is 2. The minimum absolute atomic E-state index is 0.0578. The Morgan fingerprint density at radius 3 is 2.18 bits per heavy atom. The number of carbonyl (C=O) groups excluding carboxylic acids is 5. The van der Waals surface area contributed by atoms with Gasteiger partial charge in [-0.3, -0.25) is 33.7 Å². The highest BCUT2D eigenvalue weighted by Crippen LogP contribution is 2.30. The number of methoxy groups -OCH3 is 2. The van der Waals surface area contributed by atoms with Crippen LogP contribution in [0.15, 0.2) is 30.5 Å². The summed E-state index contributed by atoms with van der Waals surface area (Å²) in [6, 6.07) is 3.05. The number of rotatable bonds is 33. The number of unbranched alkanes of at least 4 members (excludes halogenated alkanes) is 3. The summed E-state index contributed by atoms with van der Waals surface area (Å²) >= 11 is 0. The van der Waals surface area contributed by atoms with Crippen LogP contribution in [0.4, 0.5) is 0 Å². The van der Waals surface area contributed by atoms with Gasteiger partial charge in [0.15, 0.2) is 0 Å². The molecule has 1 fully saturated rings. The van der Waals surface area contributed by atoms with E-state index in [1.807, 2.05) is 77.8 Å². The molecule has 5 amide bonds. The number of nitrogens with one attached hydrogen (secondary N) is 4. The fraction of sp³-hybridized carbons (Fsp3) is 0.717. The van der Waals surface area contributed by atoms with Gasteiger partial charge in [0.05, 0.1) is 42.7 Å². The molecule has 19 nitrogen and oxygen atoms in total. The van der Waals surface area contributed by atoms with Crippen molar-refractivity contribution in [2.24, 2.45) is 29.4 Å². The first-order chi connectivity index (χ1) is 34.1. The van der Waals surface area contributed by atoms with E-state index in [0.29, 0.717) is 71.0 Å². The fourth-order valence-electron chi connectivity index (χ4n) is 10.2. The average molecular weight is 1010 g/mol. The summed E-state index contributed by atoms with van der Waals surface area (Å²) in [4.78, 5) is 101. The molecule has 8 N–H and O–H groups in total. The molecule has 0 radical (unpaired) electrons. The number of likely N-dealkylation sites (N-methyl/N-ethyl adjacent to an activating group) is 2. The van der Waals surface area contributed by atoms with Gasteiger partial charge < -0.3 is 56.2 Å². The summed E-state index contributed by atoms with van der Waals surface area (Å²) in [5.74, 6) is -4.80. The van der Waals surface area contributed by atoms with Gasteiger partial charge in [-0.05, 0) is 87.9 Å². The molecule has 1 aliphatic heterocycles. The molecule has 1 saturated heterocycles. The van der Waals surface area contributed by atoms with E-state index in [1.165, 1.54) is 14.2 Å². The first-order valence-electron chi connectivity index (χ1n) is 26.0. The van der Waals surface area contributed by atoms with Crippen LogP contribution >= 0.6 is 0 Å². The number of nitrogens with two attached hydrogens (primary N) is 1. The maximum absolute atomic E-state index is 14.6. The molecule has 19 heteroatoms. The van der Waals surface area contributed by atoms with Crippen molar-refractivity contribution in [1.82, 2.24) is 35.6 Å². The molecule has 1 aliphatic rings. The van der Waals surface area contributed by atoms with Crippen molar-refractivity contribution in [1.29, 1.82) is 0 Å². The third-order valence-corrected chi connectivity index (χ3v) is 14.6. The van der Waals surface area contributed by atoms with Crippen LogP contribution < -0.4 is 21.7 Å². The molecule has 72 heavy (non-hydrogen) atoms. The Kier molecular flexibility index (Phi) is 25.6. The van der Waals surface area contributed by atoms with Crippen molar-refractivity contribution in [3.8, 4) is 0 Å². The second kappa shape index (κ2) is 30.2. The predicted molar refractivity (Wildman–Crippen MR) is 277 cm³/mol. The van der Waals surface area contributed by atoms with E-state index in [1.54, 1.807) is 30.0 Å². The third-order valence-electron chi connectivity index (χ3n) is 14.6. The molecule has 9 unspecified atom stereocenters. The highest BCUT2D eigenvalue weighted by atomic mass is 16.5. The highest BCUT2D eigenvalue weighted by molar-refractivity contribution is 5.91. The minimum atomic E-state index is -1.20. The number of hydrogen-bond acceptors (Lipinski definition) is 11. The number of carboxylic acid groups (broad SMARTS) is 2. The lowest BCUT2D eigenvalue weighted by atomic mass is 9.89. The van der Waals surface area contributed by atoms with E-state index in [9.17, 15) is 38.7 Å². The zero-order valence-electron chi connectivity index (χ0n) is 44.9. The second-order valence-corrected chi connectivity index (χ2v) is 20.6. The van der Waals surface area contributed by atoms with Gasteiger partial charge in [-0.1, -0.05) is 79.5 Å². The molecule has 0 spiro atoms. The van der Waals surface area contributed by atoms with Crippen LogP contribution in [0.1, 0.15) is 125 Å². The van der Waals surface area contributed by atoms with Gasteiger partial charge in [0.2, 0.25) is 29.5 Å². The van der Waals surface area contributed by atoms with E-state index in [0.717, 1.165) is 29.3 Å². The molecule has 0 saturated carbocycles. The van der Waals surface area contributed by atoms with Gasteiger partial charge in [-0.15, -0.1) is 0 Å². The van der Waals surface area contributed by atoms with Crippen molar-refractivity contribution in [3.05, 3.63) is 36.0 Å². The quantitative estimate of drug-likeness (QED) is 0.0485. The number of likely N-dealkylation sites (tertiary alicyclic amines) is 1. The minimum Gasteiger partial charge on any atom is -0.480 e. The number of para-hydroxylation sites is 1. The normalized spacial score (nSPS) is 17.7. The monoisotopic (exact) mass is 1010 g/mol. The summed E-state index contributed by atoms with van der Waals surface area (Å²) < 4.78 is 12.0. The molecule has 0 aliphatic carbocycles. The largest absolute Gasteiger partial charge is 0.480 e. The Hall–Kier alpha value is -5.11. The molecule has 1 aromatic heterocycles. The number of hydrogen-bond donors (Lipinski definition) is 7. The van der Waals surface area contributed by atoms with E-state index < -0.39 is 72.2 Å². The Balaban J connectivity index is 1.65. The van der Waals surface area contributed by atoms with Gasteiger partial charge in [0.25, 0.3) is 0 Å². The molecule has 406 valence electrons. The Bertz CT molecular complexity index is 2060. The third kappa shape index (κ3) is 17.5. The van der Waals surface area contributed by atoms with Crippen LogP contribution in [-0.2, 0) is 49.5 Å². The van der Waals surface area contributed by atoms with Crippen molar-refractivity contribution < 1.29 is 53.2 Å². The first-order valence-corrected chi connectivity index (χ1v) is 26.0. The van der Waals surface area contributed by atoms with Crippen LogP contribution in [0, 0.1) is 23.7 Å². The topological polar surface area (TPSA) is 266 Å². The maximum atomic E-state index is 14.6. The number of carboxylic acids is 2. The van der Waals surface area contributed by atoms with Gasteiger partial charge in [0, 0.05) is 64.3 Å². The highest BCUT2D eigenvalue weighted by Gasteiger charge is 2.43. The lowest BCUT2D eigenvalue weighted by Gasteiger charge is -2.41. The van der Waals surface area contributed by atoms with Gasteiger partial charge in [-0.25, -0.2) is 4.79 Å². The Morgan fingerprint density at radius 2 is 1.57 bits per heavy atom. The lowest BCUT2D eigenvalue weighted by Crippen LogP contribution is -2.60. The standard InChI is InChI=1S/C53H88N8O11/c1-12-34(6)47(60(9)51(66)45(32(2)3)58-50(65)46(33(4)5)59(8)27-19-13-14-25-43(62)55-26-18-17-22-38(54)52(67)68)42(71-10)30-44(63)61-28-20-24-41(61)48(72-11)35(7)49(64)57-40(53(69)70)29-36-31-56-39-23-16-15-21-37(36)39/h15-16,21,23,31-35,38,40-42,45-48,56H,12-14,17-20,22,24-30,54H2,1-11H3,(H,55,62)(H,57,64)(H,58,65)(H,67,68)(H,69,70)/t34?,35?,38?,40?,41-,42?,45?,46?,47?,48?/m0/s1. The zero-order valence-corrected chi connectivity index (χ0v) is 44.9. The van der Waals surface area contributed by atoms with Crippen LogP contribution in [0.25, 0.3) is 10.9 Å². The van der Waals surface area contributed by atoms with Crippen LogP contribution in [0.5, 0.6) is 0 Å². The molecule has 10 atom stereocenters. The number of amides is 5. The summed E-state index contributed by atoms with van der Waals surface area (Å²) in [6.07, 6.45) is 6.44. The zero-order chi connectivity index (χ0) is 53.8. The molecule has 2 aromatic rings. The van der Waals surface area contributed by atoms with Gasteiger partial charge >= 0.3 is 11.9 Å². The second-order valence-electron chi connectivity index (χ2n) is 20.6. The first kappa shape index (κ1) is 61.2. The number of fused-ring (bicyclic) bond motifs is 1. The van der Waals surface area contributed by atoms with Gasteiger partial charge in [0.1, 0.15) is 18.1 Å². The summed E-state index contributed by atoms with van der Waals surface area (Å²) in [5.41, 5.74) is 7.16. The summed E-state index contributed by atoms with van der Waals surface area (Å²) in [7, 11) is 6.61. The maximum Gasteiger partial charge on any atom is 0.326 e. The lowest BCUT2D eigenvalue weighted by molar-refractivity contribution is -0.148. The molecule has 2 heterocycles. The smallest absolute Gasteiger partial charge is 0.326 e. The van der Waals surface area contributed by atoms with Crippen LogP contribution in [-0.4, -0.2) is 168 Å². The number of aromatic nitrogens is 1.